The van der Waals surface area contributed by atoms with Crippen molar-refractivity contribution in [1.82, 2.24) is 9.88 Å². The molecule has 3 aromatic carbocycles. The highest BCUT2D eigenvalue weighted by Gasteiger charge is 2.20. The summed E-state index contributed by atoms with van der Waals surface area (Å²) in [7, 11) is 0. The second kappa shape index (κ2) is 7.60. The highest BCUT2D eigenvalue weighted by atomic mass is 16.4. The summed E-state index contributed by atoms with van der Waals surface area (Å²) in [6.45, 7) is -17.8. The molecule has 0 bridgehead atoms. The van der Waals surface area contributed by atoms with E-state index in [2.05, 4.69) is 4.98 Å². The minimum absolute atomic E-state index is 0.0775. The van der Waals surface area contributed by atoms with Crippen LogP contribution in [0.25, 0.3) is 22.2 Å². The number of benzene rings is 3. The van der Waals surface area contributed by atoms with E-state index in [1.54, 1.807) is 36.4 Å². The van der Waals surface area contributed by atoms with Crippen LogP contribution >= 0.6 is 0 Å². The number of aromatic nitrogens is 1. The van der Waals surface area contributed by atoms with E-state index in [1.165, 1.54) is 18.2 Å². The first-order chi connectivity index (χ1) is 19.3. The van der Waals surface area contributed by atoms with Gasteiger partial charge in [-0.25, -0.2) is 4.79 Å². The molecule has 1 fully saturated rings. The maximum atomic E-state index is 12.0. The van der Waals surface area contributed by atoms with Crippen LogP contribution in [0.15, 0.2) is 81.9 Å². The summed E-state index contributed by atoms with van der Waals surface area (Å²) in [5, 5.41) is 0. The Labute approximate surface area is 187 Å². The van der Waals surface area contributed by atoms with Crippen LogP contribution in [0, 0.1) is 0 Å². The third kappa shape index (κ3) is 3.69. The van der Waals surface area contributed by atoms with Crippen LogP contribution in [-0.2, 0) is 6.50 Å². The maximum absolute atomic E-state index is 12.0. The molecule has 29 heavy (non-hydrogen) atoms. The topological polar surface area (TPSA) is 52.5 Å². The van der Waals surface area contributed by atoms with Crippen molar-refractivity contribution in [2.24, 2.45) is 0 Å². The number of H-pyrrole nitrogens is 1. The van der Waals surface area contributed by atoms with Crippen LogP contribution in [0.1, 0.15) is 23.4 Å². The van der Waals surface area contributed by atoms with Gasteiger partial charge in [0.2, 0.25) is 0 Å². The first kappa shape index (κ1) is 8.59. The van der Waals surface area contributed by atoms with Crippen molar-refractivity contribution in [1.29, 1.82) is 0 Å². The van der Waals surface area contributed by atoms with Gasteiger partial charge in [0.05, 0.1) is 20.8 Å². The number of oxazole rings is 1. The van der Waals surface area contributed by atoms with Gasteiger partial charge in [-0.2, -0.15) is 0 Å². The molecule has 4 aromatic rings. The zero-order valence-electron chi connectivity index (χ0n) is 27.9. The lowest BCUT2D eigenvalue weighted by Gasteiger charge is -2.36. The Morgan fingerprint density at radius 3 is 2.66 bits per heavy atom. The van der Waals surface area contributed by atoms with Gasteiger partial charge in [-0.1, -0.05) is 54.6 Å². The molecule has 0 saturated carbocycles. The van der Waals surface area contributed by atoms with Gasteiger partial charge >= 0.3 is 5.76 Å². The van der Waals surface area contributed by atoms with E-state index < -0.39 is 73.2 Å². The van der Waals surface area contributed by atoms with Gasteiger partial charge < -0.3 is 9.32 Å². The predicted octanol–water partition coefficient (Wildman–Crippen LogP) is 4.11. The van der Waals surface area contributed by atoms with Crippen LogP contribution in [0.2, 0.25) is 0 Å². The molecule has 1 aliphatic heterocycles. The number of anilines is 1. The molecule has 0 unspecified atom stereocenters. The van der Waals surface area contributed by atoms with Crippen LogP contribution in [0.3, 0.4) is 0 Å². The number of hydrogen-bond acceptors (Lipinski definition) is 4. The van der Waals surface area contributed by atoms with Gasteiger partial charge in [0.1, 0.15) is 0 Å². The molecule has 146 valence electrons. The summed E-state index contributed by atoms with van der Waals surface area (Å²) in [6, 6.07) is 11.8. The molecule has 5 rings (SSSR count). The molecule has 5 nitrogen and oxygen atoms in total. The van der Waals surface area contributed by atoms with E-state index in [9.17, 15) is 4.79 Å². The van der Waals surface area contributed by atoms with Crippen LogP contribution in [0.5, 0.6) is 0 Å². The third-order valence-electron chi connectivity index (χ3n) is 4.21. The standard InChI is InChI=1S/C24H23N3O2/c28-24-25-21-10-5-11-22(23(21)29-24)27-14-12-26(13-15-27)17-18-6-4-9-20(16-18)19-7-2-1-3-8-19/h1-11,16H,12-15,17H2,(H,25,28)/i5D,10D,11D,12D2,13D2,14D2,15D2,17D2. The summed E-state index contributed by atoms with van der Waals surface area (Å²) in [4.78, 5) is 13.9. The van der Waals surface area contributed by atoms with Crippen molar-refractivity contribution in [3.8, 4) is 11.1 Å². The van der Waals surface area contributed by atoms with Gasteiger partial charge in [-0.3, -0.25) is 9.88 Å². The second-order valence-electron chi connectivity index (χ2n) is 6.12. The molecule has 1 aromatic heterocycles. The molecule has 0 radical (unpaired) electrons. The Bertz CT molecular complexity index is 1720. The van der Waals surface area contributed by atoms with E-state index in [-0.39, 0.29) is 15.4 Å². The van der Waals surface area contributed by atoms with Crippen LogP contribution in [0.4, 0.5) is 5.69 Å². The fraction of sp³-hybridized carbons (Fsp3) is 0.208. The largest absolute Gasteiger partial charge is 0.417 e. The first-order valence-corrected chi connectivity index (χ1v) is 8.69. The first-order valence-electron chi connectivity index (χ1n) is 15.2. The summed E-state index contributed by atoms with van der Waals surface area (Å²) >= 11 is 0. The van der Waals surface area contributed by atoms with Gasteiger partial charge in [-0.05, 0) is 34.8 Å². The normalized spacial score (nSPS) is 29.1. The van der Waals surface area contributed by atoms with Crippen molar-refractivity contribution >= 4 is 16.8 Å². The summed E-state index contributed by atoms with van der Waals surface area (Å²) in [5.74, 6) is -1.19. The molecular formula is C24H23N3O2. The Kier molecular flexibility index (Phi) is 2.25. The van der Waals surface area contributed by atoms with Crippen molar-refractivity contribution in [3.05, 3.63) is 88.8 Å². The Balaban J connectivity index is 1.75. The van der Waals surface area contributed by atoms with E-state index in [0.717, 1.165) is 0 Å². The number of rotatable bonds is 4. The molecule has 0 spiro atoms. The molecular weight excluding hydrogens is 362 g/mol. The minimum atomic E-state index is -3.68. The molecule has 1 aliphatic rings. The maximum Gasteiger partial charge on any atom is 0.417 e. The number of nitrogens with one attached hydrogen (secondary N) is 1. The zero-order valence-corrected chi connectivity index (χ0v) is 14.9. The van der Waals surface area contributed by atoms with Crippen molar-refractivity contribution in [3.63, 3.8) is 0 Å². The number of fused-ring (bicyclic) bond motifs is 1. The monoisotopic (exact) mass is 398 g/mol. The number of aromatic amines is 1. The Hall–Kier alpha value is -3.31. The Morgan fingerprint density at radius 1 is 1.03 bits per heavy atom. The van der Waals surface area contributed by atoms with Gasteiger partial charge in [0.25, 0.3) is 0 Å². The zero-order chi connectivity index (χ0) is 31.2. The smallest absolute Gasteiger partial charge is 0.406 e. The van der Waals surface area contributed by atoms with Crippen LogP contribution < -0.4 is 10.7 Å². The molecule has 2 heterocycles. The number of nitrogens with zero attached hydrogens (tertiary/aromatic N) is 2. The Morgan fingerprint density at radius 2 is 1.83 bits per heavy atom. The lowest BCUT2D eigenvalue weighted by Crippen LogP contribution is -2.46. The van der Waals surface area contributed by atoms with Gasteiger partial charge in [0, 0.05) is 40.7 Å². The summed E-state index contributed by atoms with van der Waals surface area (Å²) in [6.07, 6.45) is 0. The van der Waals surface area contributed by atoms with Gasteiger partial charge in [-0.15, -0.1) is 0 Å². The number of para-hydroxylation sites is 1. The number of hydrogen-bond donors (Lipinski definition) is 1. The van der Waals surface area contributed by atoms with Crippen molar-refractivity contribution in [2.75, 3.05) is 30.9 Å². The lowest BCUT2D eigenvalue weighted by molar-refractivity contribution is 0.250. The van der Waals surface area contributed by atoms with E-state index in [0.29, 0.717) is 11.1 Å². The molecule has 1 saturated heterocycles. The molecule has 1 N–H and O–H groups in total. The predicted molar refractivity (Wildman–Crippen MR) is 116 cm³/mol. The molecule has 0 amide bonds. The van der Waals surface area contributed by atoms with Crippen LogP contribution in [-0.4, -0.2) is 35.9 Å². The SMILES string of the molecule is [2H]c1c([2H])c(N2C([2H])([2H])C([2H])([2H])N(C([2H])([2H])c3cccc(-c4ccccc4)c3)C([2H])([2H])C2([2H])[2H])c2oc(=O)[nH]c2c1[2H]. The molecule has 0 aliphatic carbocycles. The van der Waals surface area contributed by atoms with E-state index in [4.69, 9.17) is 22.2 Å². The van der Waals surface area contributed by atoms with Crippen molar-refractivity contribution in [2.45, 2.75) is 6.50 Å². The average Bonchev–Trinajstić information content (AvgIpc) is 3.30. The van der Waals surface area contributed by atoms with E-state index in [1.807, 2.05) is 0 Å². The summed E-state index contributed by atoms with van der Waals surface area (Å²) < 4.78 is 118. The third-order valence-corrected chi connectivity index (χ3v) is 4.21. The molecule has 0 atom stereocenters. The second-order valence-corrected chi connectivity index (χ2v) is 6.12. The fourth-order valence-electron chi connectivity index (χ4n) is 2.90. The summed E-state index contributed by atoms with van der Waals surface area (Å²) in [5.41, 5.74) is -1.37. The highest BCUT2D eigenvalue weighted by Crippen LogP contribution is 2.26. The average molecular weight is 399 g/mol. The van der Waals surface area contributed by atoms with Gasteiger partial charge in [0.15, 0.2) is 5.58 Å². The fourth-order valence-corrected chi connectivity index (χ4v) is 2.90. The van der Waals surface area contributed by atoms with E-state index >= 15 is 0 Å². The molecule has 5 heteroatoms. The van der Waals surface area contributed by atoms with Crippen molar-refractivity contribution < 1.29 is 22.2 Å². The number of piperazine rings is 1. The minimum Gasteiger partial charge on any atom is -0.406 e. The highest BCUT2D eigenvalue weighted by molar-refractivity contribution is 5.86. The quantitative estimate of drug-likeness (QED) is 0.562. The lowest BCUT2D eigenvalue weighted by atomic mass is 10.0.